The molecule has 1 heterocycles. The Bertz CT molecular complexity index is 735. The number of rotatable bonds is 3. The van der Waals surface area contributed by atoms with Crippen molar-refractivity contribution in [2.24, 2.45) is 0 Å². The second-order valence-electron chi connectivity index (χ2n) is 5.96. The molecule has 1 aliphatic heterocycles. The van der Waals surface area contributed by atoms with Crippen LogP contribution < -0.4 is 4.74 Å². The monoisotopic (exact) mass is 326 g/mol. The molecule has 0 saturated heterocycles. The highest BCUT2D eigenvalue weighted by Crippen LogP contribution is 2.38. The summed E-state index contributed by atoms with van der Waals surface area (Å²) in [7, 11) is 0. The van der Waals surface area contributed by atoms with E-state index in [1.165, 1.54) is 5.56 Å². The minimum absolute atomic E-state index is 0.0728. The van der Waals surface area contributed by atoms with Crippen LogP contribution in [0.15, 0.2) is 59.6 Å². The number of Topliss-reactive ketones (excluding diaryl/α,β-unsaturated/α-hetero) is 1. The predicted molar refractivity (Wildman–Crippen MR) is 93.4 cm³/mol. The zero-order chi connectivity index (χ0) is 16.2. The lowest BCUT2D eigenvalue weighted by Crippen LogP contribution is -2.05. The minimum atomic E-state index is 0.0728. The summed E-state index contributed by atoms with van der Waals surface area (Å²) in [5.41, 5.74) is 5.79. The van der Waals surface area contributed by atoms with E-state index in [1.807, 2.05) is 36.4 Å². The van der Waals surface area contributed by atoms with Gasteiger partial charge in [0.1, 0.15) is 12.4 Å². The van der Waals surface area contributed by atoms with E-state index in [9.17, 15) is 4.79 Å². The van der Waals surface area contributed by atoms with E-state index in [0.717, 1.165) is 35.3 Å². The summed E-state index contributed by atoms with van der Waals surface area (Å²) in [6.45, 7) is 2.09. The zero-order valence-corrected chi connectivity index (χ0v) is 13.8. The van der Waals surface area contributed by atoms with Crippen LogP contribution in [0.25, 0.3) is 0 Å². The number of halogens is 1. The molecule has 0 fully saturated rings. The molecule has 118 valence electrons. The molecule has 2 nitrogen and oxygen atoms in total. The second-order valence-corrected chi connectivity index (χ2v) is 6.17. The van der Waals surface area contributed by atoms with Gasteiger partial charge in [0.25, 0.3) is 0 Å². The number of ketones is 1. The molecule has 1 aliphatic rings. The summed E-state index contributed by atoms with van der Waals surface area (Å²) in [5.74, 6) is 1.17. The number of fused-ring (bicyclic) bond motifs is 1. The Labute approximate surface area is 141 Å². The van der Waals surface area contributed by atoms with E-state index in [4.69, 9.17) is 16.3 Å². The van der Waals surface area contributed by atoms with Crippen molar-refractivity contribution in [3.63, 3.8) is 0 Å². The number of ether oxygens (including phenoxy) is 1. The predicted octanol–water partition coefficient (Wildman–Crippen LogP) is 5.12. The summed E-state index contributed by atoms with van der Waals surface area (Å²) < 4.78 is 5.89. The van der Waals surface area contributed by atoms with Crippen molar-refractivity contribution in [3.8, 4) is 5.75 Å². The van der Waals surface area contributed by atoms with E-state index < -0.39 is 0 Å². The Balaban J connectivity index is 2.01. The molecule has 3 rings (SSSR count). The zero-order valence-electron chi connectivity index (χ0n) is 13.1. The highest BCUT2D eigenvalue weighted by atomic mass is 35.5. The highest BCUT2D eigenvalue weighted by Gasteiger charge is 2.23. The van der Waals surface area contributed by atoms with Gasteiger partial charge >= 0.3 is 0 Å². The summed E-state index contributed by atoms with van der Waals surface area (Å²) in [6, 6.07) is 16.1. The standard InChI is InChI=1S/C20H19ClO2/c1-14(22)17-7-8-20-19(11-17)18(10-16(12-21)13-23-20)9-15-5-3-2-4-6-15/h2-8,11-12,18H,9-10,13H2,1H3/b16-12+. The van der Waals surface area contributed by atoms with Gasteiger partial charge in [0.15, 0.2) is 5.78 Å². The van der Waals surface area contributed by atoms with Crippen molar-refractivity contribution in [3.05, 3.63) is 76.3 Å². The molecule has 0 radical (unpaired) electrons. The molecular formula is C20H19ClO2. The Morgan fingerprint density at radius 1 is 1.26 bits per heavy atom. The van der Waals surface area contributed by atoms with Crippen LogP contribution in [0.5, 0.6) is 5.75 Å². The molecular weight excluding hydrogens is 308 g/mol. The number of carbonyl (C=O) groups excluding carboxylic acids is 1. The van der Waals surface area contributed by atoms with Crippen LogP contribution in [0, 0.1) is 0 Å². The quantitative estimate of drug-likeness (QED) is 0.732. The fraction of sp³-hybridized carbons (Fsp3) is 0.250. The number of hydrogen-bond donors (Lipinski definition) is 0. The molecule has 23 heavy (non-hydrogen) atoms. The maximum Gasteiger partial charge on any atom is 0.159 e. The summed E-state index contributed by atoms with van der Waals surface area (Å²) in [4.78, 5) is 11.7. The molecule has 0 amide bonds. The van der Waals surface area contributed by atoms with Gasteiger partial charge in [0, 0.05) is 11.1 Å². The number of benzene rings is 2. The van der Waals surface area contributed by atoms with Gasteiger partial charge in [0.05, 0.1) is 0 Å². The van der Waals surface area contributed by atoms with Gasteiger partial charge in [-0.1, -0.05) is 41.9 Å². The first kappa shape index (κ1) is 15.8. The molecule has 0 spiro atoms. The first-order chi connectivity index (χ1) is 11.2. The lowest BCUT2D eigenvalue weighted by molar-refractivity contribution is 0.101. The third-order valence-electron chi connectivity index (χ3n) is 4.26. The Morgan fingerprint density at radius 3 is 2.74 bits per heavy atom. The molecule has 2 aromatic carbocycles. The van der Waals surface area contributed by atoms with E-state index in [1.54, 1.807) is 12.5 Å². The van der Waals surface area contributed by atoms with Gasteiger partial charge in [-0.15, -0.1) is 0 Å². The third kappa shape index (κ3) is 3.65. The fourth-order valence-electron chi connectivity index (χ4n) is 3.03. The number of carbonyl (C=O) groups is 1. The minimum Gasteiger partial charge on any atom is -0.489 e. The van der Waals surface area contributed by atoms with Crippen molar-refractivity contribution >= 4 is 17.4 Å². The lowest BCUT2D eigenvalue weighted by atomic mass is 9.86. The Hall–Kier alpha value is -2.06. The second kappa shape index (κ2) is 7.01. The van der Waals surface area contributed by atoms with Crippen LogP contribution in [-0.2, 0) is 6.42 Å². The molecule has 0 bridgehead atoms. The summed E-state index contributed by atoms with van der Waals surface area (Å²) in [6.07, 6.45) is 1.74. The molecule has 0 aromatic heterocycles. The van der Waals surface area contributed by atoms with E-state index in [-0.39, 0.29) is 11.7 Å². The highest BCUT2D eigenvalue weighted by molar-refractivity contribution is 6.25. The van der Waals surface area contributed by atoms with Crippen molar-refractivity contribution in [1.29, 1.82) is 0 Å². The SMILES string of the molecule is CC(=O)c1ccc2c(c1)C(Cc1ccccc1)C/C(=C\Cl)CO2. The van der Waals surface area contributed by atoms with Gasteiger partial charge in [0.2, 0.25) is 0 Å². The molecule has 1 unspecified atom stereocenters. The largest absolute Gasteiger partial charge is 0.489 e. The van der Waals surface area contributed by atoms with Crippen LogP contribution in [0.3, 0.4) is 0 Å². The molecule has 0 aliphatic carbocycles. The molecule has 0 N–H and O–H groups in total. The molecule has 3 heteroatoms. The van der Waals surface area contributed by atoms with Crippen molar-refractivity contribution < 1.29 is 9.53 Å². The average Bonchev–Trinajstić information content (AvgIpc) is 2.75. The van der Waals surface area contributed by atoms with Crippen molar-refractivity contribution in [2.75, 3.05) is 6.61 Å². The number of hydrogen-bond acceptors (Lipinski definition) is 2. The molecule has 2 aromatic rings. The first-order valence-corrected chi connectivity index (χ1v) is 8.20. The van der Waals surface area contributed by atoms with Gasteiger partial charge < -0.3 is 4.74 Å². The third-order valence-corrected chi connectivity index (χ3v) is 4.57. The molecule has 0 saturated carbocycles. The van der Waals surface area contributed by atoms with Crippen LogP contribution in [0.1, 0.15) is 40.7 Å². The van der Waals surface area contributed by atoms with Crippen LogP contribution >= 0.6 is 11.6 Å². The topological polar surface area (TPSA) is 26.3 Å². The van der Waals surface area contributed by atoms with Gasteiger partial charge in [-0.05, 0) is 60.6 Å². The van der Waals surface area contributed by atoms with E-state index in [2.05, 4.69) is 12.1 Å². The van der Waals surface area contributed by atoms with E-state index >= 15 is 0 Å². The van der Waals surface area contributed by atoms with Crippen LogP contribution in [-0.4, -0.2) is 12.4 Å². The van der Waals surface area contributed by atoms with E-state index in [0.29, 0.717) is 6.61 Å². The molecule has 1 atom stereocenters. The Morgan fingerprint density at radius 2 is 2.04 bits per heavy atom. The average molecular weight is 327 g/mol. The van der Waals surface area contributed by atoms with Gasteiger partial charge in [-0.3, -0.25) is 4.79 Å². The van der Waals surface area contributed by atoms with Gasteiger partial charge in [-0.2, -0.15) is 0 Å². The van der Waals surface area contributed by atoms with Crippen LogP contribution in [0.2, 0.25) is 0 Å². The normalized spacial score (nSPS) is 18.9. The van der Waals surface area contributed by atoms with Crippen LogP contribution in [0.4, 0.5) is 0 Å². The summed E-state index contributed by atoms with van der Waals surface area (Å²) in [5, 5.41) is 0. The van der Waals surface area contributed by atoms with Crippen molar-refractivity contribution in [1.82, 2.24) is 0 Å². The smallest absolute Gasteiger partial charge is 0.159 e. The lowest BCUT2D eigenvalue weighted by Gasteiger charge is -2.18. The Kier molecular flexibility index (Phi) is 4.82. The maximum atomic E-state index is 11.7. The van der Waals surface area contributed by atoms with Gasteiger partial charge in [-0.25, -0.2) is 0 Å². The fourth-order valence-corrected chi connectivity index (χ4v) is 3.18. The van der Waals surface area contributed by atoms with Crippen molar-refractivity contribution in [2.45, 2.75) is 25.7 Å². The summed E-state index contributed by atoms with van der Waals surface area (Å²) >= 11 is 5.95. The first-order valence-electron chi connectivity index (χ1n) is 7.77. The maximum absolute atomic E-state index is 11.7.